The predicted octanol–water partition coefficient (Wildman–Crippen LogP) is 4.81. The van der Waals surface area contributed by atoms with E-state index in [4.69, 9.17) is 0 Å². The maximum Gasteiger partial charge on any atom is 0.192 e. The van der Waals surface area contributed by atoms with Gasteiger partial charge >= 0.3 is 0 Å². The summed E-state index contributed by atoms with van der Waals surface area (Å²) >= 11 is 3.05. The number of benzene rings is 1. The minimum absolute atomic E-state index is 0.00708. The van der Waals surface area contributed by atoms with E-state index in [-0.39, 0.29) is 16.8 Å². The molecule has 4 nitrogen and oxygen atoms in total. The second-order valence-electron chi connectivity index (χ2n) is 5.75. The van der Waals surface area contributed by atoms with E-state index in [1.165, 1.54) is 18.7 Å². The van der Waals surface area contributed by atoms with Crippen molar-refractivity contribution in [3.8, 4) is 0 Å². The first-order valence-electron chi connectivity index (χ1n) is 7.65. The van der Waals surface area contributed by atoms with Gasteiger partial charge in [0.25, 0.3) is 0 Å². The van der Waals surface area contributed by atoms with Gasteiger partial charge in [-0.3, -0.25) is 9.59 Å². The number of rotatable bonds is 5. The van der Waals surface area contributed by atoms with Crippen LogP contribution in [0.2, 0.25) is 0 Å². The molecule has 0 saturated heterocycles. The lowest BCUT2D eigenvalue weighted by Crippen LogP contribution is -2.15. The molecule has 6 heteroatoms. The van der Waals surface area contributed by atoms with Crippen LogP contribution in [0, 0.1) is 13.8 Å². The molecule has 0 aliphatic carbocycles. The van der Waals surface area contributed by atoms with E-state index >= 15 is 0 Å². The summed E-state index contributed by atoms with van der Waals surface area (Å²) in [5.74, 6) is -0.0286. The smallest absolute Gasteiger partial charge is 0.192 e. The number of aryl methyl sites for hydroxylation is 1. The molecule has 3 aromatic rings. The molecule has 0 aliphatic heterocycles. The van der Waals surface area contributed by atoms with Crippen molar-refractivity contribution >= 4 is 44.9 Å². The summed E-state index contributed by atoms with van der Waals surface area (Å²) in [7, 11) is 0. The molecule has 0 saturated carbocycles. The number of aromatic amines is 1. The lowest BCUT2D eigenvalue weighted by atomic mass is 10.0. The summed E-state index contributed by atoms with van der Waals surface area (Å²) in [6.45, 7) is 7.05. The van der Waals surface area contributed by atoms with Crippen molar-refractivity contribution in [2.45, 2.75) is 37.3 Å². The van der Waals surface area contributed by atoms with Gasteiger partial charge in [0, 0.05) is 11.3 Å². The first-order chi connectivity index (χ1) is 11.4. The second kappa shape index (κ2) is 6.53. The molecule has 1 unspecified atom stereocenters. The molecule has 0 amide bonds. The van der Waals surface area contributed by atoms with Crippen LogP contribution in [0.25, 0.3) is 10.2 Å². The van der Waals surface area contributed by atoms with Crippen LogP contribution in [0.4, 0.5) is 0 Å². The van der Waals surface area contributed by atoms with Gasteiger partial charge in [-0.2, -0.15) is 0 Å². The van der Waals surface area contributed by atoms with E-state index in [2.05, 4.69) is 9.97 Å². The number of Topliss-reactive ketones (excluding diaryl/α,β-unsaturated/α-hetero) is 2. The van der Waals surface area contributed by atoms with Gasteiger partial charge in [0.15, 0.2) is 15.9 Å². The van der Waals surface area contributed by atoms with Crippen LogP contribution in [-0.2, 0) is 0 Å². The lowest BCUT2D eigenvalue weighted by molar-refractivity contribution is 0.0988. The number of para-hydroxylation sites is 1. The zero-order valence-corrected chi connectivity index (χ0v) is 15.6. The zero-order chi connectivity index (χ0) is 17.4. The van der Waals surface area contributed by atoms with Gasteiger partial charge < -0.3 is 4.98 Å². The third kappa shape index (κ3) is 3.03. The summed E-state index contributed by atoms with van der Waals surface area (Å²) < 4.78 is 2.00. The first-order valence-corrected chi connectivity index (χ1v) is 9.34. The van der Waals surface area contributed by atoms with E-state index in [0.717, 1.165) is 25.8 Å². The Labute approximate surface area is 148 Å². The second-order valence-corrected chi connectivity index (χ2v) is 8.37. The number of fused-ring (bicyclic) bond motifs is 1. The highest BCUT2D eigenvalue weighted by Gasteiger charge is 2.25. The van der Waals surface area contributed by atoms with Crippen molar-refractivity contribution in [1.29, 1.82) is 0 Å². The van der Waals surface area contributed by atoms with E-state index in [9.17, 15) is 9.59 Å². The van der Waals surface area contributed by atoms with Crippen LogP contribution in [0.3, 0.4) is 0 Å². The Kier molecular flexibility index (Phi) is 4.60. The summed E-state index contributed by atoms with van der Waals surface area (Å²) in [5.41, 5.74) is 3.59. The van der Waals surface area contributed by atoms with Gasteiger partial charge in [0.05, 0.1) is 21.2 Å². The Morgan fingerprint density at radius 2 is 1.96 bits per heavy atom. The number of ketones is 2. The molecular weight excluding hydrogens is 340 g/mol. The Morgan fingerprint density at radius 1 is 1.25 bits per heavy atom. The highest BCUT2D eigenvalue weighted by molar-refractivity contribution is 8.02. The van der Waals surface area contributed by atoms with Crippen molar-refractivity contribution in [3.05, 3.63) is 46.8 Å². The molecule has 2 heterocycles. The summed E-state index contributed by atoms with van der Waals surface area (Å²) in [4.78, 5) is 32.2. The Morgan fingerprint density at radius 3 is 2.58 bits per heavy atom. The third-order valence-corrected chi connectivity index (χ3v) is 6.19. The fourth-order valence-corrected chi connectivity index (χ4v) is 5.10. The maximum absolute atomic E-state index is 12.8. The lowest BCUT2D eigenvalue weighted by Gasteiger charge is -2.08. The average molecular weight is 358 g/mol. The van der Waals surface area contributed by atoms with Crippen LogP contribution < -0.4 is 0 Å². The third-order valence-electron chi connectivity index (χ3n) is 3.96. The Bertz CT molecular complexity index is 907. The number of nitrogens with zero attached hydrogens (tertiary/aromatic N) is 1. The number of hydrogen-bond donors (Lipinski definition) is 1. The van der Waals surface area contributed by atoms with Crippen LogP contribution in [0.5, 0.6) is 0 Å². The Balaban J connectivity index is 1.84. The molecule has 2 aromatic heterocycles. The number of thioether (sulfide) groups is 1. The van der Waals surface area contributed by atoms with Gasteiger partial charge in [-0.05, 0) is 45.4 Å². The van der Waals surface area contributed by atoms with E-state index in [1.54, 1.807) is 11.3 Å². The van der Waals surface area contributed by atoms with Gasteiger partial charge in [-0.1, -0.05) is 23.9 Å². The first kappa shape index (κ1) is 16.9. The highest BCUT2D eigenvalue weighted by Crippen LogP contribution is 2.33. The minimum Gasteiger partial charge on any atom is -0.355 e. The molecule has 3 rings (SSSR count). The molecular formula is C18H18N2O2S2. The molecule has 124 valence electrons. The van der Waals surface area contributed by atoms with Gasteiger partial charge in [0.1, 0.15) is 0 Å². The largest absolute Gasteiger partial charge is 0.355 e. The number of aromatic nitrogens is 2. The quantitative estimate of drug-likeness (QED) is 0.525. The molecule has 0 aliphatic rings. The normalized spacial score (nSPS) is 12.5. The zero-order valence-electron chi connectivity index (χ0n) is 14.0. The molecule has 24 heavy (non-hydrogen) atoms. The van der Waals surface area contributed by atoms with E-state index in [0.29, 0.717) is 11.3 Å². The van der Waals surface area contributed by atoms with Crippen molar-refractivity contribution in [2.24, 2.45) is 0 Å². The number of nitrogens with one attached hydrogen (secondary N) is 1. The number of carbonyl (C=O) groups excluding carboxylic acids is 2. The van der Waals surface area contributed by atoms with Gasteiger partial charge in [0.2, 0.25) is 0 Å². The van der Waals surface area contributed by atoms with Crippen molar-refractivity contribution in [3.63, 3.8) is 0 Å². The average Bonchev–Trinajstić information content (AvgIpc) is 3.06. The molecule has 1 atom stereocenters. The maximum atomic E-state index is 12.8. The van der Waals surface area contributed by atoms with Crippen LogP contribution in [0.1, 0.15) is 46.0 Å². The summed E-state index contributed by atoms with van der Waals surface area (Å²) in [6.07, 6.45) is 0. The van der Waals surface area contributed by atoms with E-state index in [1.807, 2.05) is 45.0 Å². The molecule has 0 fully saturated rings. The number of carbonyl (C=O) groups is 2. The van der Waals surface area contributed by atoms with Crippen molar-refractivity contribution < 1.29 is 9.59 Å². The molecule has 1 aromatic carbocycles. The van der Waals surface area contributed by atoms with E-state index < -0.39 is 0 Å². The number of thiazole rings is 1. The molecule has 0 spiro atoms. The fourth-order valence-electron chi connectivity index (χ4n) is 2.83. The topological polar surface area (TPSA) is 62.8 Å². The standard InChI is InChI=1S/C18H18N2O2S2/c1-9-15(11(3)21)10(2)19-16(9)17(22)12(4)23-18-20-13-7-5-6-8-14(13)24-18/h5-8,12,19H,1-4H3. The molecule has 0 radical (unpaired) electrons. The summed E-state index contributed by atoms with van der Waals surface area (Å²) in [5, 5.41) is -0.276. The van der Waals surface area contributed by atoms with Crippen LogP contribution >= 0.6 is 23.1 Å². The van der Waals surface area contributed by atoms with Crippen molar-refractivity contribution in [1.82, 2.24) is 9.97 Å². The molecule has 1 N–H and O–H groups in total. The SMILES string of the molecule is CC(=O)c1c(C)[nH]c(C(=O)C(C)Sc2nc3ccccc3s2)c1C. The van der Waals surface area contributed by atoms with Crippen LogP contribution in [0.15, 0.2) is 28.6 Å². The Hall–Kier alpha value is -1.92. The van der Waals surface area contributed by atoms with Crippen molar-refractivity contribution in [2.75, 3.05) is 0 Å². The van der Waals surface area contributed by atoms with Gasteiger partial charge in [-0.15, -0.1) is 11.3 Å². The number of H-pyrrole nitrogens is 1. The fraction of sp³-hybridized carbons (Fsp3) is 0.278. The van der Waals surface area contributed by atoms with Crippen LogP contribution in [-0.4, -0.2) is 26.8 Å². The monoisotopic (exact) mass is 358 g/mol. The van der Waals surface area contributed by atoms with Gasteiger partial charge in [-0.25, -0.2) is 4.98 Å². The minimum atomic E-state index is -0.276. The predicted molar refractivity (Wildman–Crippen MR) is 99.5 cm³/mol. The molecule has 0 bridgehead atoms. The number of hydrogen-bond acceptors (Lipinski definition) is 5. The summed E-state index contributed by atoms with van der Waals surface area (Å²) in [6, 6.07) is 7.94. The highest BCUT2D eigenvalue weighted by atomic mass is 32.2.